The van der Waals surface area contributed by atoms with Gasteiger partial charge in [0.05, 0.1) is 0 Å². The molecular weight excluding hydrogens is 436 g/mol. The SMILES string of the molecule is CC(=O)Nc1ccc(SC(C(=O)Nc2ccc(Br)cc2)c2ccccc2)cc1. The maximum Gasteiger partial charge on any atom is 0.242 e. The van der Waals surface area contributed by atoms with Crippen LogP contribution >= 0.6 is 27.7 Å². The lowest BCUT2D eigenvalue weighted by molar-refractivity contribution is -0.116. The van der Waals surface area contributed by atoms with Gasteiger partial charge in [0.1, 0.15) is 5.25 Å². The van der Waals surface area contributed by atoms with Crippen LogP contribution in [0.2, 0.25) is 0 Å². The minimum absolute atomic E-state index is 0.0931. The maximum atomic E-state index is 13.0. The quantitative estimate of drug-likeness (QED) is 0.457. The van der Waals surface area contributed by atoms with Crippen molar-refractivity contribution >= 4 is 50.9 Å². The predicted octanol–water partition coefficient (Wildman–Crippen LogP) is 5.88. The minimum Gasteiger partial charge on any atom is -0.326 e. The molecular formula is C22H19BrN2O2S. The summed E-state index contributed by atoms with van der Waals surface area (Å²) in [4.78, 5) is 25.1. The minimum atomic E-state index is -0.406. The number of nitrogens with one attached hydrogen (secondary N) is 2. The Hall–Kier alpha value is -2.57. The van der Waals surface area contributed by atoms with E-state index in [0.717, 1.165) is 26.3 Å². The van der Waals surface area contributed by atoms with Crippen molar-refractivity contribution < 1.29 is 9.59 Å². The summed E-state index contributed by atoms with van der Waals surface area (Å²) in [5, 5.41) is 5.33. The van der Waals surface area contributed by atoms with Crippen LogP contribution in [0.5, 0.6) is 0 Å². The van der Waals surface area contributed by atoms with Crippen LogP contribution in [0.3, 0.4) is 0 Å². The van der Waals surface area contributed by atoms with Gasteiger partial charge < -0.3 is 10.6 Å². The summed E-state index contributed by atoms with van der Waals surface area (Å²) >= 11 is 4.87. The van der Waals surface area contributed by atoms with Gasteiger partial charge in [-0.3, -0.25) is 9.59 Å². The van der Waals surface area contributed by atoms with E-state index < -0.39 is 5.25 Å². The second-order valence-corrected chi connectivity index (χ2v) is 8.20. The number of carbonyl (C=O) groups excluding carboxylic acids is 2. The van der Waals surface area contributed by atoms with Crippen molar-refractivity contribution in [1.82, 2.24) is 0 Å². The molecule has 3 aromatic rings. The largest absolute Gasteiger partial charge is 0.326 e. The number of thioether (sulfide) groups is 1. The van der Waals surface area contributed by atoms with Gasteiger partial charge in [-0.05, 0) is 54.1 Å². The van der Waals surface area contributed by atoms with Crippen molar-refractivity contribution in [1.29, 1.82) is 0 Å². The number of anilines is 2. The van der Waals surface area contributed by atoms with Crippen LogP contribution in [0.4, 0.5) is 11.4 Å². The molecule has 0 saturated carbocycles. The van der Waals surface area contributed by atoms with Crippen molar-refractivity contribution in [3.63, 3.8) is 0 Å². The van der Waals surface area contributed by atoms with E-state index in [2.05, 4.69) is 26.6 Å². The number of halogens is 1. The lowest BCUT2D eigenvalue weighted by Crippen LogP contribution is -2.19. The highest BCUT2D eigenvalue weighted by molar-refractivity contribution is 9.10. The average Bonchev–Trinajstić information content (AvgIpc) is 2.69. The molecule has 0 bridgehead atoms. The monoisotopic (exact) mass is 454 g/mol. The van der Waals surface area contributed by atoms with Gasteiger partial charge in [-0.2, -0.15) is 0 Å². The number of rotatable bonds is 6. The maximum absolute atomic E-state index is 13.0. The third kappa shape index (κ3) is 5.71. The average molecular weight is 455 g/mol. The van der Waals surface area contributed by atoms with Gasteiger partial charge in [0, 0.05) is 27.7 Å². The fraction of sp³-hybridized carbons (Fsp3) is 0.0909. The highest BCUT2D eigenvalue weighted by Crippen LogP contribution is 2.36. The Balaban J connectivity index is 1.80. The second-order valence-electron chi connectivity index (χ2n) is 6.11. The molecule has 0 radical (unpaired) electrons. The number of hydrogen-bond donors (Lipinski definition) is 2. The van der Waals surface area contributed by atoms with Crippen molar-refractivity contribution in [2.75, 3.05) is 10.6 Å². The summed E-state index contributed by atoms with van der Waals surface area (Å²) in [6.45, 7) is 1.47. The molecule has 3 aromatic carbocycles. The summed E-state index contributed by atoms with van der Waals surface area (Å²) in [5.74, 6) is -0.207. The lowest BCUT2D eigenvalue weighted by atomic mass is 10.1. The van der Waals surface area contributed by atoms with E-state index in [-0.39, 0.29) is 11.8 Å². The Labute approximate surface area is 176 Å². The number of carbonyl (C=O) groups is 2. The van der Waals surface area contributed by atoms with Gasteiger partial charge in [0.25, 0.3) is 0 Å². The standard InChI is InChI=1S/C22H19BrN2O2S/c1-15(26)24-18-11-13-20(14-12-18)28-21(16-5-3-2-4-6-16)22(27)25-19-9-7-17(23)8-10-19/h2-14,21H,1H3,(H,24,26)(H,25,27). The zero-order valence-electron chi connectivity index (χ0n) is 15.2. The van der Waals surface area contributed by atoms with Crippen LogP contribution in [-0.4, -0.2) is 11.8 Å². The topological polar surface area (TPSA) is 58.2 Å². The van der Waals surface area contributed by atoms with E-state index in [1.54, 1.807) is 0 Å². The molecule has 142 valence electrons. The van der Waals surface area contributed by atoms with Crippen LogP contribution in [0, 0.1) is 0 Å². The molecule has 0 fully saturated rings. The highest BCUT2D eigenvalue weighted by Gasteiger charge is 2.22. The Kier molecular flexibility index (Phi) is 6.90. The van der Waals surface area contributed by atoms with E-state index in [9.17, 15) is 9.59 Å². The first-order chi connectivity index (χ1) is 13.5. The zero-order chi connectivity index (χ0) is 19.9. The summed E-state index contributed by atoms with van der Waals surface area (Å²) in [6, 6.07) is 24.6. The van der Waals surface area contributed by atoms with Crippen molar-refractivity contribution in [2.24, 2.45) is 0 Å². The van der Waals surface area contributed by atoms with Gasteiger partial charge in [-0.25, -0.2) is 0 Å². The van der Waals surface area contributed by atoms with E-state index in [1.165, 1.54) is 18.7 Å². The molecule has 28 heavy (non-hydrogen) atoms. The number of benzene rings is 3. The van der Waals surface area contributed by atoms with E-state index in [0.29, 0.717) is 0 Å². The fourth-order valence-electron chi connectivity index (χ4n) is 2.60. The van der Waals surface area contributed by atoms with Crippen LogP contribution in [-0.2, 0) is 9.59 Å². The van der Waals surface area contributed by atoms with Gasteiger partial charge in [-0.1, -0.05) is 46.3 Å². The molecule has 6 heteroatoms. The molecule has 0 saturated heterocycles. The molecule has 0 aromatic heterocycles. The lowest BCUT2D eigenvalue weighted by Gasteiger charge is -2.17. The third-order valence-corrected chi connectivity index (χ3v) is 5.68. The molecule has 2 N–H and O–H groups in total. The Morgan fingerprint density at radius 2 is 1.39 bits per heavy atom. The van der Waals surface area contributed by atoms with Crippen molar-refractivity contribution in [3.8, 4) is 0 Å². The number of amides is 2. The van der Waals surface area contributed by atoms with Gasteiger partial charge in [0.2, 0.25) is 11.8 Å². The third-order valence-electron chi connectivity index (χ3n) is 3.88. The van der Waals surface area contributed by atoms with Crippen molar-refractivity contribution in [3.05, 3.63) is 88.9 Å². The fourth-order valence-corrected chi connectivity index (χ4v) is 3.89. The van der Waals surface area contributed by atoms with Crippen molar-refractivity contribution in [2.45, 2.75) is 17.1 Å². The van der Waals surface area contributed by atoms with E-state index >= 15 is 0 Å². The molecule has 3 rings (SSSR count). The Morgan fingerprint density at radius 1 is 0.821 bits per heavy atom. The van der Waals surface area contributed by atoms with Gasteiger partial charge >= 0.3 is 0 Å². The molecule has 1 unspecified atom stereocenters. The van der Waals surface area contributed by atoms with Gasteiger partial charge in [-0.15, -0.1) is 11.8 Å². The van der Waals surface area contributed by atoms with Gasteiger partial charge in [0.15, 0.2) is 0 Å². The Bertz CT molecular complexity index is 945. The summed E-state index contributed by atoms with van der Waals surface area (Å²) < 4.78 is 0.957. The molecule has 2 amide bonds. The van der Waals surface area contributed by atoms with Crippen LogP contribution in [0.1, 0.15) is 17.7 Å². The summed E-state index contributed by atoms with van der Waals surface area (Å²) in [6.07, 6.45) is 0. The molecule has 4 nitrogen and oxygen atoms in total. The molecule has 0 spiro atoms. The first-order valence-electron chi connectivity index (χ1n) is 8.67. The molecule has 0 aliphatic heterocycles. The van der Waals surface area contributed by atoms with Crippen LogP contribution in [0.15, 0.2) is 88.2 Å². The predicted molar refractivity (Wildman–Crippen MR) is 119 cm³/mol. The zero-order valence-corrected chi connectivity index (χ0v) is 17.6. The second kappa shape index (κ2) is 9.57. The summed E-state index contributed by atoms with van der Waals surface area (Å²) in [7, 11) is 0. The van der Waals surface area contributed by atoms with Crippen LogP contribution in [0.25, 0.3) is 0 Å². The first kappa shape index (κ1) is 20.2. The molecule has 0 heterocycles. The molecule has 1 atom stereocenters. The molecule has 0 aliphatic rings. The summed E-state index contributed by atoms with van der Waals surface area (Å²) in [5.41, 5.74) is 2.40. The van der Waals surface area contributed by atoms with Crippen LogP contribution < -0.4 is 10.6 Å². The smallest absolute Gasteiger partial charge is 0.242 e. The Morgan fingerprint density at radius 3 is 2.00 bits per heavy atom. The highest BCUT2D eigenvalue weighted by atomic mass is 79.9. The first-order valence-corrected chi connectivity index (χ1v) is 10.3. The van der Waals surface area contributed by atoms with E-state index in [1.807, 2.05) is 78.9 Å². The number of hydrogen-bond acceptors (Lipinski definition) is 3. The van der Waals surface area contributed by atoms with E-state index in [4.69, 9.17) is 0 Å². The normalized spacial score (nSPS) is 11.5. The molecule has 0 aliphatic carbocycles.